The first kappa shape index (κ1) is 18.6. The molecule has 4 aliphatic rings. The van der Waals surface area contributed by atoms with Crippen LogP contribution in [0.15, 0.2) is 30.3 Å². The minimum atomic E-state index is -0.614. The summed E-state index contributed by atoms with van der Waals surface area (Å²) in [6, 6.07) is 12.0. The van der Waals surface area contributed by atoms with Gasteiger partial charge in [-0.05, 0) is 50.0 Å². The summed E-state index contributed by atoms with van der Waals surface area (Å²) in [4.78, 5) is 13.5. The van der Waals surface area contributed by atoms with E-state index < -0.39 is 5.97 Å². The van der Waals surface area contributed by atoms with E-state index in [1.807, 2.05) is 0 Å². The molecule has 2 saturated carbocycles. The predicted molar refractivity (Wildman–Crippen MR) is 107 cm³/mol. The number of nitrogens with zero attached hydrogens (tertiary/aromatic N) is 1. The molecule has 1 aromatic rings. The van der Waals surface area contributed by atoms with Crippen molar-refractivity contribution < 1.29 is 14.6 Å². The molecule has 2 N–H and O–H groups in total. The second kappa shape index (κ2) is 7.43. The molecule has 0 amide bonds. The third-order valence-electron chi connectivity index (χ3n) is 7.55. The van der Waals surface area contributed by atoms with E-state index in [0.717, 1.165) is 58.3 Å². The Labute approximate surface area is 167 Å². The van der Waals surface area contributed by atoms with E-state index in [-0.39, 0.29) is 11.5 Å². The Hall–Kier alpha value is -1.43. The van der Waals surface area contributed by atoms with Crippen molar-refractivity contribution in [2.75, 3.05) is 26.2 Å². The van der Waals surface area contributed by atoms with Gasteiger partial charge in [0.15, 0.2) is 0 Å². The van der Waals surface area contributed by atoms with Crippen molar-refractivity contribution in [2.24, 2.45) is 11.8 Å². The van der Waals surface area contributed by atoms with Crippen LogP contribution in [-0.4, -0.2) is 59.9 Å². The van der Waals surface area contributed by atoms with Crippen LogP contribution in [-0.2, 0) is 9.53 Å². The molecule has 2 aliphatic carbocycles. The van der Waals surface area contributed by atoms with Crippen molar-refractivity contribution in [3.05, 3.63) is 35.9 Å². The monoisotopic (exact) mass is 384 g/mol. The summed E-state index contributed by atoms with van der Waals surface area (Å²) in [7, 11) is 0. The van der Waals surface area contributed by atoms with E-state index in [0.29, 0.717) is 23.9 Å². The van der Waals surface area contributed by atoms with E-state index in [1.165, 1.54) is 12.0 Å². The second-order valence-electron chi connectivity index (χ2n) is 9.59. The Balaban J connectivity index is 1.05. The lowest BCUT2D eigenvalue weighted by Gasteiger charge is -2.42. The smallest absolute Gasteiger partial charge is 0.306 e. The average molecular weight is 385 g/mol. The summed E-state index contributed by atoms with van der Waals surface area (Å²) in [6.45, 7) is 4.11. The van der Waals surface area contributed by atoms with E-state index in [2.05, 4.69) is 40.5 Å². The van der Waals surface area contributed by atoms with Gasteiger partial charge in [-0.15, -0.1) is 0 Å². The van der Waals surface area contributed by atoms with Crippen LogP contribution < -0.4 is 5.32 Å². The van der Waals surface area contributed by atoms with Crippen LogP contribution in [0.4, 0.5) is 0 Å². The fraction of sp³-hybridized carbons (Fsp3) is 0.696. The minimum Gasteiger partial charge on any atom is -0.481 e. The lowest BCUT2D eigenvalue weighted by molar-refractivity contribution is -0.146. The summed E-state index contributed by atoms with van der Waals surface area (Å²) < 4.78 is 6.34. The highest BCUT2D eigenvalue weighted by atomic mass is 16.5. The highest BCUT2D eigenvalue weighted by Gasteiger charge is 2.46. The molecule has 1 aromatic carbocycles. The fourth-order valence-corrected chi connectivity index (χ4v) is 5.65. The number of benzene rings is 1. The largest absolute Gasteiger partial charge is 0.481 e. The van der Waals surface area contributed by atoms with E-state index in [1.54, 1.807) is 0 Å². The van der Waals surface area contributed by atoms with E-state index in [9.17, 15) is 4.79 Å². The standard InChI is InChI=1S/C23H32N2O3/c26-22(27)18-10-16(11-18)14-25-8-6-23(7-9-25)13-19(15-28-23)24-21-12-20(21)17-4-2-1-3-5-17/h1-5,16,18-21,24H,6-15H2,(H,26,27)/t16?,18?,19?,20-,21+/m0/s1. The van der Waals surface area contributed by atoms with Crippen LogP contribution in [0, 0.1) is 11.8 Å². The zero-order chi connectivity index (χ0) is 19.1. The molecule has 0 bridgehead atoms. The number of carboxylic acid groups (broad SMARTS) is 1. The van der Waals surface area contributed by atoms with Gasteiger partial charge in [0.1, 0.15) is 0 Å². The summed E-state index contributed by atoms with van der Waals surface area (Å²) in [5.41, 5.74) is 1.54. The van der Waals surface area contributed by atoms with Gasteiger partial charge in [-0.3, -0.25) is 4.79 Å². The first-order valence-corrected chi connectivity index (χ1v) is 11.0. The molecule has 152 valence electrons. The molecule has 2 heterocycles. The molecule has 1 spiro atoms. The molecule has 4 fully saturated rings. The third-order valence-corrected chi connectivity index (χ3v) is 7.55. The molecule has 5 rings (SSSR count). The Kier molecular flexibility index (Phi) is 4.93. The van der Waals surface area contributed by atoms with Gasteiger partial charge in [0, 0.05) is 37.6 Å². The maximum Gasteiger partial charge on any atom is 0.306 e. The molecule has 5 nitrogen and oxygen atoms in total. The lowest BCUT2D eigenvalue weighted by Crippen LogP contribution is -2.48. The van der Waals surface area contributed by atoms with Gasteiger partial charge >= 0.3 is 5.97 Å². The van der Waals surface area contributed by atoms with Gasteiger partial charge in [-0.1, -0.05) is 30.3 Å². The van der Waals surface area contributed by atoms with Gasteiger partial charge in [0.2, 0.25) is 0 Å². The molecule has 0 aromatic heterocycles. The predicted octanol–water partition coefficient (Wildman–Crippen LogP) is 2.87. The minimum absolute atomic E-state index is 0.0779. The molecular weight excluding hydrogens is 352 g/mol. The topological polar surface area (TPSA) is 61.8 Å². The fourth-order valence-electron chi connectivity index (χ4n) is 5.65. The summed E-state index contributed by atoms with van der Waals surface area (Å²) in [6.07, 6.45) is 6.36. The van der Waals surface area contributed by atoms with Crippen molar-refractivity contribution in [3.8, 4) is 0 Å². The highest BCUT2D eigenvalue weighted by molar-refractivity contribution is 5.71. The first-order chi connectivity index (χ1) is 13.6. The normalized spacial score (nSPS) is 36.9. The molecule has 2 saturated heterocycles. The van der Waals surface area contributed by atoms with Crippen LogP contribution in [0.3, 0.4) is 0 Å². The molecule has 5 heteroatoms. The Morgan fingerprint density at radius 3 is 2.64 bits per heavy atom. The van der Waals surface area contributed by atoms with E-state index in [4.69, 9.17) is 9.84 Å². The zero-order valence-electron chi connectivity index (χ0n) is 16.6. The number of rotatable bonds is 6. The van der Waals surface area contributed by atoms with Gasteiger partial charge in [0.05, 0.1) is 18.1 Å². The molecule has 0 radical (unpaired) electrons. The molecule has 1 unspecified atom stereocenters. The molecule has 2 aliphatic heterocycles. The van der Waals surface area contributed by atoms with Gasteiger partial charge in [-0.2, -0.15) is 0 Å². The number of likely N-dealkylation sites (tertiary alicyclic amines) is 1. The zero-order valence-corrected chi connectivity index (χ0v) is 16.6. The van der Waals surface area contributed by atoms with Crippen LogP contribution in [0.2, 0.25) is 0 Å². The van der Waals surface area contributed by atoms with Gasteiger partial charge < -0.3 is 20.1 Å². The molecule has 3 atom stereocenters. The Bertz CT molecular complexity index is 695. The Morgan fingerprint density at radius 2 is 1.93 bits per heavy atom. The number of aliphatic carboxylic acids is 1. The number of piperidine rings is 1. The summed E-state index contributed by atoms with van der Waals surface area (Å²) in [5, 5.41) is 12.9. The van der Waals surface area contributed by atoms with Gasteiger partial charge in [-0.25, -0.2) is 0 Å². The number of ether oxygens (including phenoxy) is 1. The number of carboxylic acids is 1. The lowest BCUT2D eigenvalue weighted by atomic mass is 9.74. The highest BCUT2D eigenvalue weighted by Crippen LogP contribution is 2.43. The number of hydrogen-bond donors (Lipinski definition) is 2. The van der Waals surface area contributed by atoms with Crippen molar-refractivity contribution >= 4 is 5.97 Å². The number of nitrogens with one attached hydrogen (secondary N) is 1. The van der Waals surface area contributed by atoms with Crippen LogP contribution in [0.5, 0.6) is 0 Å². The molecular formula is C23H32N2O3. The van der Waals surface area contributed by atoms with Crippen LogP contribution in [0.1, 0.15) is 50.0 Å². The maximum atomic E-state index is 11.0. The first-order valence-electron chi connectivity index (χ1n) is 11.0. The number of hydrogen-bond acceptors (Lipinski definition) is 4. The molecule has 28 heavy (non-hydrogen) atoms. The average Bonchev–Trinajstić information content (AvgIpc) is 3.33. The summed E-state index contributed by atoms with van der Waals surface area (Å²) in [5.74, 6) is 0.556. The quantitative estimate of drug-likeness (QED) is 0.790. The SMILES string of the molecule is O=C(O)C1CC(CN2CCC3(CC2)CC(N[C@@H]2C[C@H]2c2ccccc2)CO3)C1. The maximum absolute atomic E-state index is 11.0. The van der Waals surface area contributed by atoms with Gasteiger partial charge in [0.25, 0.3) is 0 Å². The van der Waals surface area contributed by atoms with Crippen LogP contribution >= 0.6 is 0 Å². The van der Waals surface area contributed by atoms with Crippen LogP contribution in [0.25, 0.3) is 0 Å². The third kappa shape index (κ3) is 3.85. The van der Waals surface area contributed by atoms with Crippen molar-refractivity contribution in [2.45, 2.75) is 62.1 Å². The van der Waals surface area contributed by atoms with Crippen molar-refractivity contribution in [3.63, 3.8) is 0 Å². The number of carbonyl (C=O) groups is 1. The van der Waals surface area contributed by atoms with Crippen molar-refractivity contribution in [1.82, 2.24) is 10.2 Å². The Morgan fingerprint density at radius 1 is 1.18 bits per heavy atom. The van der Waals surface area contributed by atoms with Crippen molar-refractivity contribution in [1.29, 1.82) is 0 Å². The summed E-state index contributed by atoms with van der Waals surface area (Å²) >= 11 is 0. The second-order valence-corrected chi connectivity index (χ2v) is 9.59. The van der Waals surface area contributed by atoms with E-state index >= 15 is 0 Å².